The molecule has 0 bridgehead atoms. The van der Waals surface area contributed by atoms with E-state index in [4.69, 9.17) is 30.5 Å². The predicted octanol–water partition coefficient (Wildman–Crippen LogP) is 3.77. The number of sulfone groups is 1. The third-order valence-corrected chi connectivity index (χ3v) is 8.04. The topological polar surface area (TPSA) is 128 Å². The highest BCUT2D eigenvalue weighted by molar-refractivity contribution is 7.90. The zero-order chi connectivity index (χ0) is 26.6. The van der Waals surface area contributed by atoms with Gasteiger partial charge in [0, 0.05) is 13.2 Å². The Labute approximate surface area is 222 Å². The Hall–Kier alpha value is -3.26. The number of pyridine rings is 1. The molecule has 14 heteroatoms. The van der Waals surface area contributed by atoms with Crippen molar-refractivity contribution in [2.75, 3.05) is 34.2 Å². The molecular weight excluding hydrogens is 542 g/mol. The highest BCUT2D eigenvalue weighted by atomic mass is 35.5. The number of para-hydroxylation sites is 1. The number of aromatic nitrogens is 5. The number of ether oxygens (including phenoxy) is 4. The molecule has 37 heavy (non-hydrogen) atoms. The SMILES string of the molecule is COc1cccc(-c2nnc(CS(=O)(=O)C[C@@H](OC)c3ncc(Cl)s3)n2-c2c(OC)cccc2OC)n1. The fraction of sp³-hybridized carbons (Fsp3) is 0.304. The van der Waals surface area contributed by atoms with E-state index in [2.05, 4.69) is 20.2 Å². The van der Waals surface area contributed by atoms with E-state index in [9.17, 15) is 8.42 Å². The smallest absolute Gasteiger partial charge is 0.213 e. The van der Waals surface area contributed by atoms with E-state index in [1.165, 1.54) is 34.6 Å². The van der Waals surface area contributed by atoms with Crippen molar-refractivity contribution in [3.63, 3.8) is 0 Å². The van der Waals surface area contributed by atoms with Gasteiger partial charge in [0.15, 0.2) is 21.5 Å². The van der Waals surface area contributed by atoms with Crippen molar-refractivity contribution in [2.45, 2.75) is 11.9 Å². The van der Waals surface area contributed by atoms with Crippen LogP contribution in [0.1, 0.15) is 16.9 Å². The van der Waals surface area contributed by atoms with Crippen LogP contribution in [0.5, 0.6) is 17.4 Å². The summed E-state index contributed by atoms with van der Waals surface area (Å²) < 4.78 is 50.6. The second-order valence-electron chi connectivity index (χ2n) is 7.63. The molecule has 4 aromatic rings. The summed E-state index contributed by atoms with van der Waals surface area (Å²) in [7, 11) is 2.14. The Morgan fingerprint density at radius 2 is 1.70 bits per heavy atom. The van der Waals surface area contributed by atoms with Gasteiger partial charge in [-0.2, -0.15) is 0 Å². The Balaban J connectivity index is 1.83. The lowest BCUT2D eigenvalue weighted by Crippen LogP contribution is -2.20. The van der Waals surface area contributed by atoms with Gasteiger partial charge in [0.25, 0.3) is 0 Å². The molecule has 0 amide bonds. The Kier molecular flexibility index (Phi) is 8.27. The maximum absolute atomic E-state index is 13.4. The highest BCUT2D eigenvalue weighted by Gasteiger charge is 2.29. The molecule has 0 aliphatic carbocycles. The van der Waals surface area contributed by atoms with E-state index in [-0.39, 0.29) is 17.4 Å². The molecule has 3 aromatic heterocycles. The molecule has 0 N–H and O–H groups in total. The summed E-state index contributed by atoms with van der Waals surface area (Å²) in [5.74, 6) is 0.832. The predicted molar refractivity (Wildman–Crippen MR) is 139 cm³/mol. The third-order valence-electron chi connectivity index (χ3n) is 5.33. The molecule has 11 nitrogen and oxygen atoms in total. The number of hydrogen-bond acceptors (Lipinski definition) is 11. The molecule has 4 rings (SSSR count). The van der Waals surface area contributed by atoms with Crippen molar-refractivity contribution >= 4 is 32.8 Å². The summed E-state index contributed by atoms with van der Waals surface area (Å²) in [5, 5.41) is 8.99. The van der Waals surface area contributed by atoms with Crippen LogP contribution >= 0.6 is 22.9 Å². The van der Waals surface area contributed by atoms with Gasteiger partial charge in [-0.1, -0.05) is 23.7 Å². The monoisotopic (exact) mass is 565 g/mol. The van der Waals surface area contributed by atoms with Crippen LogP contribution in [0, 0.1) is 0 Å². The van der Waals surface area contributed by atoms with E-state index in [1.807, 2.05) is 0 Å². The number of rotatable bonds is 11. The molecule has 0 radical (unpaired) electrons. The standard InChI is InChI=1S/C23H24ClN5O6S2/c1-32-15-8-6-9-16(33-2)21(15)29-19(27-28-22(29)14-7-5-10-20(26-14)35-4)13-37(30,31)12-17(34-3)23-25-11-18(24)36-23/h5-11,17H,12-13H2,1-4H3/t17-/m1/s1. The number of methoxy groups -OCH3 is 4. The largest absolute Gasteiger partial charge is 0.494 e. The minimum absolute atomic E-state index is 0.134. The molecule has 0 saturated heterocycles. The van der Waals surface area contributed by atoms with Gasteiger partial charge in [0.05, 0.1) is 33.3 Å². The number of hydrogen-bond donors (Lipinski definition) is 0. The number of thiazole rings is 1. The molecule has 0 saturated carbocycles. The summed E-state index contributed by atoms with van der Waals surface area (Å²) in [4.78, 5) is 8.62. The normalized spacial score (nSPS) is 12.4. The fourth-order valence-corrected chi connectivity index (χ4v) is 6.22. The minimum atomic E-state index is -3.79. The highest BCUT2D eigenvalue weighted by Crippen LogP contribution is 2.37. The van der Waals surface area contributed by atoms with Crippen LogP contribution in [0.25, 0.3) is 17.2 Å². The number of halogens is 1. The zero-order valence-electron chi connectivity index (χ0n) is 20.4. The van der Waals surface area contributed by atoms with Crippen LogP contribution in [-0.2, 0) is 20.3 Å². The van der Waals surface area contributed by atoms with Gasteiger partial charge in [-0.15, -0.1) is 21.5 Å². The lowest BCUT2D eigenvalue weighted by atomic mass is 10.2. The van der Waals surface area contributed by atoms with Gasteiger partial charge in [0.1, 0.15) is 44.1 Å². The van der Waals surface area contributed by atoms with Crippen molar-refractivity contribution in [3.8, 4) is 34.6 Å². The second-order valence-corrected chi connectivity index (χ2v) is 11.4. The Morgan fingerprint density at radius 1 is 1.00 bits per heavy atom. The molecule has 196 valence electrons. The summed E-state index contributed by atoms with van der Waals surface area (Å²) in [6, 6.07) is 10.4. The van der Waals surface area contributed by atoms with Crippen LogP contribution in [0.2, 0.25) is 4.34 Å². The lowest BCUT2D eigenvalue weighted by Gasteiger charge is -2.18. The molecule has 0 spiro atoms. The summed E-state index contributed by atoms with van der Waals surface area (Å²) >= 11 is 7.14. The van der Waals surface area contributed by atoms with Gasteiger partial charge >= 0.3 is 0 Å². The fourth-order valence-electron chi connectivity index (χ4n) is 3.66. The van der Waals surface area contributed by atoms with Crippen LogP contribution in [0.4, 0.5) is 0 Å². The average molecular weight is 566 g/mol. The van der Waals surface area contributed by atoms with Crippen LogP contribution in [0.3, 0.4) is 0 Å². The summed E-state index contributed by atoms with van der Waals surface area (Å²) in [6.45, 7) is 0. The first kappa shape index (κ1) is 26.8. The average Bonchev–Trinajstić information content (AvgIpc) is 3.52. The molecule has 1 aromatic carbocycles. The first-order chi connectivity index (χ1) is 17.8. The lowest BCUT2D eigenvalue weighted by molar-refractivity contribution is 0.121. The van der Waals surface area contributed by atoms with Crippen LogP contribution < -0.4 is 14.2 Å². The van der Waals surface area contributed by atoms with Gasteiger partial charge in [-0.3, -0.25) is 4.57 Å². The summed E-state index contributed by atoms with van der Waals surface area (Å²) in [6.07, 6.45) is 0.664. The minimum Gasteiger partial charge on any atom is -0.494 e. The van der Waals surface area contributed by atoms with Crippen molar-refractivity contribution in [1.82, 2.24) is 24.7 Å². The Morgan fingerprint density at radius 3 is 2.30 bits per heavy atom. The second kappa shape index (κ2) is 11.4. The van der Waals surface area contributed by atoms with Gasteiger partial charge in [0.2, 0.25) is 5.88 Å². The number of nitrogens with zero attached hydrogens (tertiary/aromatic N) is 5. The quantitative estimate of drug-likeness (QED) is 0.265. The maximum Gasteiger partial charge on any atom is 0.213 e. The van der Waals surface area contributed by atoms with Crippen molar-refractivity contribution in [3.05, 3.63) is 57.8 Å². The van der Waals surface area contributed by atoms with Crippen molar-refractivity contribution in [1.29, 1.82) is 0 Å². The Bertz CT molecular complexity index is 1470. The molecule has 0 aliphatic heterocycles. The van der Waals surface area contributed by atoms with E-state index in [0.717, 1.165) is 11.3 Å². The first-order valence-corrected chi connectivity index (χ1v) is 13.8. The van der Waals surface area contributed by atoms with Gasteiger partial charge in [-0.05, 0) is 18.2 Å². The van der Waals surface area contributed by atoms with Crippen molar-refractivity contribution in [2.24, 2.45) is 0 Å². The maximum atomic E-state index is 13.4. The molecule has 0 unspecified atom stereocenters. The van der Waals surface area contributed by atoms with Gasteiger partial charge in [-0.25, -0.2) is 18.4 Å². The van der Waals surface area contributed by atoms with E-state index in [1.54, 1.807) is 41.0 Å². The molecular formula is C23H24ClN5O6S2. The molecule has 0 fully saturated rings. The van der Waals surface area contributed by atoms with E-state index < -0.39 is 21.7 Å². The van der Waals surface area contributed by atoms with Gasteiger partial charge < -0.3 is 18.9 Å². The van der Waals surface area contributed by atoms with Crippen LogP contribution in [-0.4, -0.2) is 67.3 Å². The zero-order valence-corrected chi connectivity index (χ0v) is 22.8. The molecule has 3 heterocycles. The summed E-state index contributed by atoms with van der Waals surface area (Å²) in [5.41, 5.74) is 0.841. The first-order valence-electron chi connectivity index (χ1n) is 10.8. The van der Waals surface area contributed by atoms with Crippen LogP contribution in [0.15, 0.2) is 42.6 Å². The molecule has 0 aliphatic rings. The third kappa shape index (κ3) is 5.85. The van der Waals surface area contributed by atoms with Crippen molar-refractivity contribution < 1.29 is 27.4 Å². The number of benzene rings is 1. The van der Waals surface area contributed by atoms with E-state index in [0.29, 0.717) is 38.1 Å². The molecule has 1 atom stereocenters. The van der Waals surface area contributed by atoms with E-state index >= 15 is 0 Å².